The maximum Gasteiger partial charge on any atom is 0.0701 e. The van der Waals surface area contributed by atoms with Crippen molar-refractivity contribution < 1.29 is 0 Å². The molecule has 20 aromatic carbocycles. The highest BCUT2D eigenvalue weighted by Crippen LogP contribution is 2.53. The average molecular weight is 1750 g/mol. The van der Waals surface area contributed by atoms with E-state index in [9.17, 15) is 0 Å². The molecule has 0 atom stereocenters. The Labute approximate surface area is 798 Å². The van der Waals surface area contributed by atoms with E-state index >= 15 is 0 Å². The Balaban J connectivity index is 0.000000113. The van der Waals surface area contributed by atoms with Gasteiger partial charge >= 0.3 is 0 Å². The quantitative estimate of drug-likeness (QED) is 0.0901. The fourth-order valence-electron chi connectivity index (χ4n) is 21.4. The molecule has 0 saturated heterocycles. The first kappa shape index (κ1) is 83.1. The molecule has 5 aromatic heterocycles. The molecule has 26 rings (SSSR count). The summed E-state index contributed by atoms with van der Waals surface area (Å²) in [6.45, 7) is 13.8. The molecule has 0 N–H and O–H groups in total. The van der Waals surface area contributed by atoms with Crippen LogP contribution in [0.4, 0.5) is 0 Å². The van der Waals surface area contributed by atoms with Crippen LogP contribution in [-0.2, 0) is 10.8 Å². The molecular weight excluding hydrogens is 1660 g/mol. The highest BCUT2D eigenvalue weighted by Gasteiger charge is 2.31. The van der Waals surface area contributed by atoms with Crippen molar-refractivity contribution in [2.24, 2.45) is 0 Å². The molecule has 0 spiro atoms. The Morgan fingerprint density at radius 1 is 0.190 bits per heavy atom. The maximum atomic E-state index is 4.60. The Kier molecular flexibility index (Phi) is 20.8. The van der Waals surface area contributed by atoms with E-state index in [-0.39, 0.29) is 16.7 Å². The third kappa shape index (κ3) is 15.2. The normalized spacial score (nSPS) is 12.1. The zero-order chi connectivity index (χ0) is 92.0. The van der Waals surface area contributed by atoms with E-state index in [2.05, 4.69) is 437 Å². The van der Waals surface area contributed by atoms with Gasteiger partial charge in [0, 0.05) is 77.1 Å². The standard InChI is InChI=1S/C50H37N.C42H32N2.C40H26N2/c1-50(2,3)37-28-35-22-24-42-44(31-18-20-32(21-19-31)46-17-8-9-26-51-46)30-45(43-25-23-36(29-37)47(35)49(42)43)33-11-10-12-34(27-33)48-40-15-6-4-13-38(40)39-14-5-7-16-41(39)48;1-42(2,3)33-24-31-18-20-34-36(27-10-14-29(15-11-27)38-8-4-6-22-43-38)26-37(35-21-19-32(25-33)40(31)41(34)35)28-12-16-30(17-13-28)39-9-5-7-23-44-39;1-2-8-28(9-3-1)39-35-10-4-6-12-37(35)40(38-13-7-5-11-36(38)39)32-17-16-29-22-31(15-14-30(29)23-32)34-24-33(25-42-26-34)27-18-20-41-21-19-27/h4-30,48H,1-3H3;4-26H,1-3H3;1-26H. The molecule has 0 amide bonds. The highest BCUT2D eigenvalue weighted by atomic mass is 14.7. The van der Waals surface area contributed by atoms with Crippen LogP contribution in [0.3, 0.4) is 0 Å². The first-order valence-corrected chi connectivity index (χ1v) is 47.4. The number of rotatable bonds is 12. The second-order valence-corrected chi connectivity index (χ2v) is 38.5. The molecule has 648 valence electrons. The van der Waals surface area contributed by atoms with Crippen LogP contribution in [0.5, 0.6) is 0 Å². The topological polar surface area (TPSA) is 64.5 Å². The molecule has 5 heterocycles. The van der Waals surface area contributed by atoms with Crippen LogP contribution < -0.4 is 0 Å². The van der Waals surface area contributed by atoms with Gasteiger partial charge in [0.2, 0.25) is 0 Å². The van der Waals surface area contributed by atoms with Crippen molar-refractivity contribution in [2.45, 2.75) is 58.3 Å². The van der Waals surface area contributed by atoms with Gasteiger partial charge in [-0.3, -0.25) is 24.9 Å². The Morgan fingerprint density at radius 3 is 0.964 bits per heavy atom. The molecule has 25 aromatic rings. The predicted molar refractivity (Wildman–Crippen MR) is 578 cm³/mol. The number of fused-ring (bicyclic) bond motifs is 6. The molecule has 0 saturated carbocycles. The SMILES string of the molecule is CC(C)(C)c1cc2ccc3c(-c4ccc(-c5ccccn5)cc4)cc(-c4ccc(-c5ccccn5)cc4)c4ccc(c1)c2c34.CC(C)(C)c1cc2ccc3c(-c4ccc(-c5ccccn5)cc4)cc(-c4cccc(C5c6ccccc6-c6ccccc65)c4)c4ccc(c1)c2c34.c1ccc(-c2c3ccccc3c(-c3ccc4cc(-c5cncc(-c6ccncc6)c5)ccc4c3)c3ccccc23)cc1. The van der Waals surface area contributed by atoms with Crippen LogP contribution in [0, 0.1) is 0 Å². The number of pyridine rings is 5. The summed E-state index contributed by atoms with van der Waals surface area (Å²) in [5, 5.41) is 23.2. The molecular formula is C132H95N5. The van der Waals surface area contributed by atoms with Gasteiger partial charge in [0.05, 0.1) is 17.1 Å². The summed E-state index contributed by atoms with van der Waals surface area (Å²) in [5.41, 5.74) is 35.3. The van der Waals surface area contributed by atoms with Crippen LogP contribution in [-0.4, -0.2) is 24.9 Å². The largest absolute Gasteiger partial charge is 0.265 e. The summed E-state index contributed by atoms with van der Waals surface area (Å²) in [7, 11) is 0. The van der Waals surface area contributed by atoms with E-state index < -0.39 is 0 Å². The maximum absolute atomic E-state index is 4.60. The minimum atomic E-state index is 0.0635. The minimum absolute atomic E-state index is 0.0635. The Bertz CT molecular complexity index is 8640. The number of hydrogen-bond acceptors (Lipinski definition) is 5. The third-order valence-electron chi connectivity index (χ3n) is 28.2. The fourth-order valence-corrected chi connectivity index (χ4v) is 21.4. The monoisotopic (exact) mass is 1750 g/mol. The predicted octanol–water partition coefficient (Wildman–Crippen LogP) is 35.4. The summed E-state index contributed by atoms with van der Waals surface area (Å²) in [4.78, 5) is 22.4. The molecule has 1 aliphatic rings. The molecule has 0 fully saturated rings. The van der Waals surface area contributed by atoms with Crippen molar-refractivity contribution in [1.29, 1.82) is 0 Å². The molecule has 0 aliphatic heterocycles. The first-order valence-electron chi connectivity index (χ1n) is 47.4. The van der Waals surface area contributed by atoms with Crippen LogP contribution in [0.25, 0.3) is 231 Å². The number of benzene rings is 20. The molecule has 0 bridgehead atoms. The van der Waals surface area contributed by atoms with E-state index in [1.165, 1.54) is 203 Å². The highest BCUT2D eigenvalue weighted by molar-refractivity contribution is 6.30. The number of nitrogens with zero attached hydrogens (tertiary/aromatic N) is 5. The van der Waals surface area contributed by atoms with Gasteiger partial charge < -0.3 is 0 Å². The number of hydrogen-bond donors (Lipinski definition) is 0. The lowest BCUT2D eigenvalue weighted by molar-refractivity contribution is 0.591. The number of aromatic nitrogens is 5. The van der Waals surface area contributed by atoms with Gasteiger partial charge in [-0.2, -0.15) is 0 Å². The Hall–Kier alpha value is -17.0. The van der Waals surface area contributed by atoms with Gasteiger partial charge in [-0.1, -0.05) is 381 Å². The third-order valence-corrected chi connectivity index (χ3v) is 28.2. The van der Waals surface area contributed by atoms with E-state index in [1.54, 1.807) is 0 Å². The smallest absolute Gasteiger partial charge is 0.0701 e. The van der Waals surface area contributed by atoms with E-state index in [1.807, 2.05) is 91.9 Å². The first-order chi connectivity index (χ1) is 67.2. The zero-order valence-corrected chi connectivity index (χ0v) is 77.2. The van der Waals surface area contributed by atoms with Crippen molar-refractivity contribution in [2.75, 3.05) is 0 Å². The lowest BCUT2D eigenvalue weighted by atomic mass is 9.81. The summed E-state index contributed by atoms with van der Waals surface area (Å²) in [6, 6.07) is 153. The second-order valence-electron chi connectivity index (χ2n) is 38.5. The van der Waals surface area contributed by atoms with Crippen molar-refractivity contribution in [3.05, 3.63) is 490 Å². The summed E-state index contributed by atoms with van der Waals surface area (Å²) in [6.07, 6.45) is 13.0. The molecule has 1 aliphatic carbocycles. The van der Waals surface area contributed by atoms with Crippen LogP contribution in [0.15, 0.2) is 462 Å². The summed E-state index contributed by atoms with van der Waals surface area (Å²) in [5.74, 6) is 0.201. The van der Waals surface area contributed by atoms with Gasteiger partial charge in [0.15, 0.2) is 0 Å². The average Bonchev–Trinajstić information content (AvgIpc) is 1.26. The van der Waals surface area contributed by atoms with Gasteiger partial charge in [0.1, 0.15) is 0 Å². The molecule has 5 heteroatoms. The van der Waals surface area contributed by atoms with Crippen LogP contribution >= 0.6 is 0 Å². The van der Waals surface area contributed by atoms with Crippen LogP contribution in [0.1, 0.15) is 75.3 Å². The van der Waals surface area contributed by atoms with Gasteiger partial charge in [-0.05, 0) is 303 Å². The summed E-state index contributed by atoms with van der Waals surface area (Å²) >= 11 is 0. The minimum Gasteiger partial charge on any atom is -0.265 e. The van der Waals surface area contributed by atoms with Crippen molar-refractivity contribution >= 4 is 97.0 Å². The van der Waals surface area contributed by atoms with E-state index in [4.69, 9.17) is 0 Å². The lowest BCUT2D eigenvalue weighted by Gasteiger charge is -2.23. The fraction of sp³-hybridized carbons (Fsp3) is 0.0682. The molecule has 0 unspecified atom stereocenters. The van der Waals surface area contributed by atoms with Crippen molar-refractivity contribution in [3.63, 3.8) is 0 Å². The van der Waals surface area contributed by atoms with E-state index in [0.29, 0.717) is 0 Å². The lowest BCUT2D eigenvalue weighted by Crippen LogP contribution is -2.10. The Morgan fingerprint density at radius 2 is 0.540 bits per heavy atom. The molecule has 137 heavy (non-hydrogen) atoms. The van der Waals surface area contributed by atoms with Gasteiger partial charge in [-0.25, -0.2) is 0 Å². The van der Waals surface area contributed by atoms with Crippen molar-refractivity contribution in [3.8, 4) is 134 Å². The van der Waals surface area contributed by atoms with Gasteiger partial charge in [0.25, 0.3) is 0 Å². The zero-order valence-electron chi connectivity index (χ0n) is 77.2. The van der Waals surface area contributed by atoms with Crippen LogP contribution in [0.2, 0.25) is 0 Å². The molecule has 5 nitrogen and oxygen atoms in total. The second kappa shape index (κ2) is 34.2. The van der Waals surface area contributed by atoms with E-state index in [0.717, 1.165) is 56.0 Å². The molecule has 0 radical (unpaired) electrons. The van der Waals surface area contributed by atoms with Crippen molar-refractivity contribution in [1.82, 2.24) is 24.9 Å². The van der Waals surface area contributed by atoms with Gasteiger partial charge in [-0.15, -0.1) is 0 Å². The summed E-state index contributed by atoms with van der Waals surface area (Å²) < 4.78 is 0.